The molecule has 112 valence electrons. The fourth-order valence-electron chi connectivity index (χ4n) is 3.48. The van der Waals surface area contributed by atoms with Crippen LogP contribution >= 0.6 is 0 Å². The lowest BCUT2D eigenvalue weighted by Crippen LogP contribution is -2.35. The first-order chi connectivity index (χ1) is 10.2. The summed E-state index contributed by atoms with van der Waals surface area (Å²) in [5, 5.41) is 0. The average molecular weight is 284 g/mol. The van der Waals surface area contributed by atoms with Gasteiger partial charge in [0.1, 0.15) is 0 Å². The minimum Gasteiger partial charge on any atom is -0.402 e. The molecule has 2 aliphatic rings. The zero-order valence-corrected chi connectivity index (χ0v) is 12.6. The number of hydrogen-bond donors (Lipinski definition) is 1. The van der Waals surface area contributed by atoms with Crippen molar-refractivity contribution in [3.05, 3.63) is 47.2 Å². The van der Waals surface area contributed by atoms with Crippen molar-refractivity contribution in [3.63, 3.8) is 0 Å². The number of ketones is 1. The molecule has 1 saturated heterocycles. The lowest BCUT2D eigenvalue weighted by Gasteiger charge is -2.31. The minimum atomic E-state index is 0.248. The maximum absolute atomic E-state index is 12.5. The normalized spacial score (nSPS) is 24.4. The summed E-state index contributed by atoms with van der Waals surface area (Å²) < 4.78 is 0. The predicted molar refractivity (Wildman–Crippen MR) is 84.9 cm³/mol. The molecule has 3 heteroatoms. The molecule has 21 heavy (non-hydrogen) atoms. The standard InChI is InChI=1S/C18H24N2O/c19-17-11-15(14-7-3-1-4-8-14)12-18(21)16(17)13-20-9-5-2-6-10-20/h1,3-4,7-8,15H,2,5-6,9-13,19H2. The highest BCUT2D eigenvalue weighted by atomic mass is 16.1. The zero-order valence-electron chi connectivity index (χ0n) is 12.6. The fourth-order valence-corrected chi connectivity index (χ4v) is 3.48. The van der Waals surface area contributed by atoms with E-state index in [1.807, 2.05) is 18.2 Å². The number of allylic oxidation sites excluding steroid dienone is 1. The Kier molecular flexibility index (Phi) is 4.39. The molecule has 1 atom stereocenters. The Morgan fingerprint density at radius 3 is 2.43 bits per heavy atom. The van der Waals surface area contributed by atoms with Crippen molar-refractivity contribution in [2.75, 3.05) is 19.6 Å². The van der Waals surface area contributed by atoms with Crippen molar-refractivity contribution >= 4 is 5.78 Å². The van der Waals surface area contributed by atoms with Crippen molar-refractivity contribution in [3.8, 4) is 0 Å². The summed E-state index contributed by atoms with van der Waals surface area (Å²) in [6.07, 6.45) is 5.23. The molecule has 0 spiro atoms. The molecule has 2 N–H and O–H groups in total. The number of rotatable bonds is 3. The molecule has 1 aromatic rings. The minimum absolute atomic E-state index is 0.248. The van der Waals surface area contributed by atoms with Gasteiger partial charge >= 0.3 is 0 Å². The van der Waals surface area contributed by atoms with Crippen LogP contribution in [0.3, 0.4) is 0 Å². The topological polar surface area (TPSA) is 46.3 Å². The second-order valence-corrected chi connectivity index (χ2v) is 6.28. The number of likely N-dealkylation sites (tertiary alicyclic amines) is 1. The van der Waals surface area contributed by atoms with Gasteiger partial charge in [0.15, 0.2) is 5.78 Å². The molecule has 1 aromatic carbocycles. The van der Waals surface area contributed by atoms with Crippen LogP contribution in [-0.2, 0) is 4.79 Å². The number of nitrogens with two attached hydrogens (primary N) is 1. The Morgan fingerprint density at radius 2 is 1.76 bits per heavy atom. The summed E-state index contributed by atoms with van der Waals surface area (Å²) in [6.45, 7) is 2.96. The summed E-state index contributed by atoms with van der Waals surface area (Å²) >= 11 is 0. The van der Waals surface area contributed by atoms with Gasteiger partial charge in [-0.05, 0) is 43.8 Å². The number of hydrogen-bond acceptors (Lipinski definition) is 3. The molecule has 1 aliphatic heterocycles. The first kappa shape index (κ1) is 14.3. The number of piperidine rings is 1. The molecule has 1 fully saturated rings. The number of nitrogens with zero attached hydrogens (tertiary/aromatic N) is 1. The SMILES string of the molecule is NC1=C(CN2CCCCC2)C(=O)CC(c2ccccc2)C1. The highest BCUT2D eigenvalue weighted by molar-refractivity contribution is 5.98. The molecule has 0 bridgehead atoms. The number of Topliss-reactive ketones (excluding diaryl/α,β-unsaturated/α-hetero) is 1. The molecule has 1 aliphatic carbocycles. The molecule has 3 rings (SSSR count). The summed E-state index contributed by atoms with van der Waals surface area (Å²) in [6, 6.07) is 10.3. The summed E-state index contributed by atoms with van der Waals surface area (Å²) in [5.74, 6) is 0.502. The third-order valence-corrected chi connectivity index (χ3v) is 4.72. The second-order valence-electron chi connectivity index (χ2n) is 6.28. The van der Waals surface area contributed by atoms with Crippen LogP contribution in [-0.4, -0.2) is 30.3 Å². The highest BCUT2D eigenvalue weighted by Gasteiger charge is 2.28. The number of benzene rings is 1. The third kappa shape index (κ3) is 3.35. The van der Waals surface area contributed by atoms with Crippen molar-refractivity contribution < 1.29 is 4.79 Å². The number of carbonyl (C=O) groups excluding carboxylic acids is 1. The van der Waals surface area contributed by atoms with Crippen molar-refractivity contribution in [1.82, 2.24) is 4.90 Å². The van der Waals surface area contributed by atoms with E-state index in [0.29, 0.717) is 6.42 Å². The van der Waals surface area contributed by atoms with Gasteiger partial charge in [0, 0.05) is 24.2 Å². The predicted octanol–water partition coefficient (Wildman–Crippen LogP) is 2.83. The summed E-state index contributed by atoms with van der Waals surface area (Å²) in [7, 11) is 0. The molecule has 3 nitrogen and oxygen atoms in total. The van der Waals surface area contributed by atoms with Crippen molar-refractivity contribution in [2.45, 2.75) is 38.0 Å². The van der Waals surface area contributed by atoms with Gasteiger partial charge in [0.2, 0.25) is 0 Å². The second kappa shape index (κ2) is 6.44. The van der Waals surface area contributed by atoms with E-state index in [2.05, 4.69) is 17.0 Å². The van der Waals surface area contributed by atoms with E-state index in [1.165, 1.54) is 24.8 Å². The third-order valence-electron chi connectivity index (χ3n) is 4.72. The summed E-state index contributed by atoms with van der Waals surface area (Å²) in [5.41, 5.74) is 9.16. The van der Waals surface area contributed by atoms with Crippen LogP contribution in [0.25, 0.3) is 0 Å². The van der Waals surface area contributed by atoms with Gasteiger partial charge in [0.05, 0.1) is 0 Å². The van der Waals surface area contributed by atoms with Gasteiger partial charge in [-0.1, -0.05) is 36.8 Å². The van der Waals surface area contributed by atoms with Gasteiger partial charge in [-0.25, -0.2) is 0 Å². The molecule has 0 radical (unpaired) electrons. The van der Waals surface area contributed by atoms with Crippen LogP contribution < -0.4 is 5.73 Å². The van der Waals surface area contributed by atoms with Crippen LogP contribution in [0.1, 0.15) is 43.6 Å². The molecule has 1 unspecified atom stereocenters. The highest BCUT2D eigenvalue weighted by Crippen LogP contribution is 2.33. The summed E-state index contributed by atoms with van der Waals surface area (Å²) in [4.78, 5) is 14.9. The Balaban J connectivity index is 1.72. The Labute approximate surface area is 126 Å². The van der Waals surface area contributed by atoms with Crippen LogP contribution in [0.4, 0.5) is 0 Å². The van der Waals surface area contributed by atoms with Crippen LogP contribution in [0.2, 0.25) is 0 Å². The molecule has 1 heterocycles. The van der Waals surface area contributed by atoms with Crippen molar-refractivity contribution in [2.24, 2.45) is 5.73 Å². The van der Waals surface area contributed by atoms with E-state index in [-0.39, 0.29) is 11.7 Å². The first-order valence-corrected chi connectivity index (χ1v) is 8.02. The Bertz CT molecular complexity index is 529. The van der Waals surface area contributed by atoms with E-state index >= 15 is 0 Å². The van der Waals surface area contributed by atoms with E-state index in [0.717, 1.165) is 37.3 Å². The largest absolute Gasteiger partial charge is 0.402 e. The van der Waals surface area contributed by atoms with Crippen molar-refractivity contribution in [1.29, 1.82) is 0 Å². The van der Waals surface area contributed by atoms with Gasteiger partial charge in [-0.15, -0.1) is 0 Å². The monoisotopic (exact) mass is 284 g/mol. The quantitative estimate of drug-likeness (QED) is 0.928. The lowest BCUT2D eigenvalue weighted by molar-refractivity contribution is -0.116. The molecular weight excluding hydrogens is 260 g/mol. The fraction of sp³-hybridized carbons (Fsp3) is 0.500. The molecule has 0 aromatic heterocycles. The van der Waals surface area contributed by atoms with E-state index in [4.69, 9.17) is 5.73 Å². The molecule has 0 amide bonds. The molecular formula is C18H24N2O. The zero-order chi connectivity index (χ0) is 14.7. The Morgan fingerprint density at radius 1 is 1.05 bits per heavy atom. The maximum Gasteiger partial charge on any atom is 0.162 e. The van der Waals surface area contributed by atoms with E-state index in [9.17, 15) is 4.79 Å². The maximum atomic E-state index is 12.5. The molecule has 0 saturated carbocycles. The van der Waals surface area contributed by atoms with Gasteiger partial charge in [-0.2, -0.15) is 0 Å². The average Bonchev–Trinajstić information content (AvgIpc) is 2.52. The van der Waals surface area contributed by atoms with Crippen LogP contribution in [0.15, 0.2) is 41.6 Å². The van der Waals surface area contributed by atoms with Crippen LogP contribution in [0, 0.1) is 0 Å². The van der Waals surface area contributed by atoms with E-state index in [1.54, 1.807) is 0 Å². The number of carbonyl (C=O) groups is 1. The first-order valence-electron chi connectivity index (χ1n) is 8.02. The lowest BCUT2D eigenvalue weighted by atomic mass is 9.82. The Hall–Kier alpha value is -1.61. The van der Waals surface area contributed by atoms with E-state index < -0.39 is 0 Å². The van der Waals surface area contributed by atoms with Crippen LogP contribution in [0.5, 0.6) is 0 Å². The smallest absolute Gasteiger partial charge is 0.162 e. The van der Waals surface area contributed by atoms with Gasteiger partial charge in [0.25, 0.3) is 0 Å². The van der Waals surface area contributed by atoms with Gasteiger partial charge < -0.3 is 5.73 Å². The van der Waals surface area contributed by atoms with Gasteiger partial charge in [-0.3, -0.25) is 9.69 Å².